The molecule has 3 heterocycles. The third-order valence-corrected chi connectivity index (χ3v) is 5.96. The number of rotatable bonds is 3. The van der Waals surface area contributed by atoms with E-state index in [0.29, 0.717) is 0 Å². The predicted octanol–water partition coefficient (Wildman–Crippen LogP) is 4.38. The van der Waals surface area contributed by atoms with Crippen molar-refractivity contribution in [2.24, 2.45) is 4.99 Å². The van der Waals surface area contributed by atoms with Gasteiger partial charge in [-0.05, 0) is 58.6 Å². The number of H-pyrrole nitrogens is 1. The normalized spacial score (nSPS) is 12.7. The van der Waals surface area contributed by atoms with Gasteiger partial charge in [-0.15, -0.1) is 0 Å². The highest BCUT2D eigenvalue weighted by Gasteiger charge is 2.10. The van der Waals surface area contributed by atoms with Gasteiger partial charge in [-0.25, -0.2) is 4.98 Å². The van der Waals surface area contributed by atoms with E-state index in [1.54, 1.807) is 18.7 Å². The average molecular weight is 478 g/mol. The number of aryl methyl sites for hydroxylation is 1. The molecule has 0 amide bonds. The maximum Gasteiger partial charge on any atom is 0.195 e. The molecular weight excluding hydrogens is 454 g/mol. The van der Waals surface area contributed by atoms with Gasteiger partial charge in [0.25, 0.3) is 0 Å². The van der Waals surface area contributed by atoms with E-state index >= 15 is 0 Å². The number of aromatic nitrogens is 4. The van der Waals surface area contributed by atoms with E-state index in [9.17, 15) is 0 Å². The summed E-state index contributed by atoms with van der Waals surface area (Å²) in [6.45, 7) is 6.01. The van der Waals surface area contributed by atoms with Crippen LogP contribution in [0.25, 0.3) is 11.0 Å². The van der Waals surface area contributed by atoms with Gasteiger partial charge in [0.2, 0.25) is 0 Å². The number of fused-ring (bicyclic) bond motifs is 1. The number of hydrogen-bond donors (Lipinski definition) is 3. The molecule has 7 nitrogen and oxygen atoms in total. The first-order valence-electron chi connectivity index (χ1n) is 10.1. The van der Waals surface area contributed by atoms with Gasteiger partial charge in [-0.3, -0.25) is 15.0 Å². The molecular formula is C23H24BrN7. The van der Waals surface area contributed by atoms with Crippen molar-refractivity contribution in [3.8, 4) is 0 Å². The summed E-state index contributed by atoms with van der Waals surface area (Å²) in [5.41, 5.74) is 7.91. The molecule has 0 bridgehead atoms. The molecule has 0 atom stereocenters. The molecule has 0 radical (unpaired) electrons. The van der Waals surface area contributed by atoms with Crippen molar-refractivity contribution in [2.45, 2.75) is 20.3 Å². The Morgan fingerprint density at radius 1 is 1.10 bits per heavy atom. The Morgan fingerprint density at radius 2 is 1.97 bits per heavy atom. The van der Waals surface area contributed by atoms with Gasteiger partial charge in [-0.2, -0.15) is 0 Å². The zero-order chi connectivity index (χ0) is 21.6. The maximum absolute atomic E-state index is 4.31. The molecule has 0 aliphatic carbocycles. The third-order valence-electron chi connectivity index (χ3n) is 5.16. The van der Waals surface area contributed by atoms with Crippen molar-refractivity contribution in [1.29, 1.82) is 0 Å². The Hall–Kier alpha value is -3.26. The maximum atomic E-state index is 4.31. The van der Waals surface area contributed by atoms with Crippen LogP contribution in [-0.2, 0) is 6.42 Å². The fraction of sp³-hybridized carbons (Fsp3) is 0.217. The Labute approximate surface area is 189 Å². The van der Waals surface area contributed by atoms with Gasteiger partial charge in [-0.1, -0.05) is 18.2 Å². The summed E-state index contributed by atoms with van der Waals surface area (Å²) in [7, 11) is 0. The molecule has 0 saturated carbocycles. The molecule has 0 unspecified atom stereocenters. The second kappa shape index (κ2) is 9.70. The Kier molecular flexibility index (Phi) is 6.57. The standard InChI is InChI=1S/C12H14N2.C11H10BrN5/c1-9-4-3-5-11(10(9)2)6-12-7-13-8-14-12;12-9-7(17-11-15-5-6-16-11)1-2-8-10(9)14-4-3-13-8/h3-5,7-8H,6H2,1-2H3,(H,13,14);1-4H,5-6H2,(H2,15,16,17). The van der Waals surface area contributed by atoms with E-state index < -0.39 is 0 Å². The highest BCUT2D eigenvalue weighted by atomic mass is 79.9. The van der Waals surface area contributed by atoms with Crippen molar-refractivity contribution in [3.05, 3.63) is 82.1 Å². The van der Waals surface area contributed by atoms with Crippen LogP contribution in [0.1, 0.15) is 22.4 Å². The summed E-state index contributed by atoms with van der Waals surface area (Å²) < 4.78 is 0.902. The lowest BCUT2D eigenvalue weighted by Crippen LogP contribution is -2.26. The molecule has 0 saturated heterocycles. The second-order valence-electron chi connectivity index (χ2n) is 7.25. The molecule has 5 rings (SSSR count). The monoisotopic (exact) mass is 477 g/mol. The predicted molar refractivity (Wildman–Crippen MR) is 128 cm³/mol. The molecule has 4 aromatic rings. The van der Waals surface area contributed by atoms with Gasteiger partial charge in [0.05, 0.1) is 28.5 Å². The molecule has 8 heteroatoms. The highest BCUT2D eigenvalue weighted by molar-refractivity contribution is 9.10. The Bertz CT molecular complexity index is 1200. The van der Waals surface area contributed by atoms with E-state index in [-0.39, 0.29) is 0 Å². The van der Waals surface area contributed by atoms with Crippen LogP contribution in [-0.4, -0.2) is 39.0 Å². The van der Waals surface area contributed by atoms with E-state index in [2.05, 4.69) is 83.5 Å². The zero-order valence-corrected chi connectivity index (χ0v) is 19.1. The van der Waals surface area contributed by atoms with Gasteiger partial charge in [0.1, 0.15) is 5.52 Å². The van der Waals surface area contributed by atoms with Crippen molar-refractivity contribution >= 4 is 38.6 Å². The lowest BCUT2D eigenvalue weighted by Gasteiger charge is -2.09. The van der Waals surface area contributed by atoms with Gasteiger partial charge in [0.15, 0.2) is 5.96 Å². The van der Waals surface area contributed by atoms with Crippen LogP contribution in [0.15, 0.2) is 64.7 Å². The largest absolute Gasteiger partial charge is 0.354 e. The quantitative estimate of drug-likeness (QED) is 0.407. The third kappa shape index (κ3) is 5.08. The second-order valence-corrected chi connectivity index (χ2v) is 8.04. The fourth-order valence-corrected chi connectivity index (χ4v) is 3.84. The van der Waals surface area contributed by atoms with Crippen LogP contribution < -0.4 is 10.6 Å². The van der Waals surface area contributed by atoms with Crippen LogP contribution in [0.4, 0.5) is 5.69 Å². The fourth-order valence-electron chi connectivity index (χ4n) is 3.30. The first-order valence-corrected chi connectivity index (χ1v) is 10.9. The van der Waals surface area contributed by atoms with Gasteiger partial charge >= 0.3 is 0 Å². The first kappa shape index (κ1) is 21.0. The number of nitrogens with zero attached hydrogens (tertiary/aromatic N) is 4. The summed E-state index contributed by atoms with van der Waals surface area (Å²) >= 11 is 3.54. The number of hydrogen-bond acceptors (Lipinski definition) is 6. The lowest BCUT2D eigenvalue weighted by atomic mass is 10.0. The molecule has 1 aliphatic heterocycles. The van der Waals surface area contributed by atoms with Crippen LogP contribution in [0, 0.1) is 13.8 Å². The number of guanidine groups is 1. The number of anilines is 1. The van der Waals surface area contributed by atoms with Crippen LogP contribution in [0.5, 0.6) is 0 Å². The van der Waals surface area contributed by atoms with E-state index in [1.807, 2.05) is 18.3 Å². The molecule has 0 fully saturated rings. The smallest absolute Gasteiger partial charge is 0.195 e. The summed E-state index contributed by atoms with van der Waals surface area (Å²) in [6, 6.07) is 10.3. The summed E-state index contributed by atoms with van der Waals surface area (Å²) in [5, 5.41) is 6.39. The Balaban J connectivity index is 0.000000152. The van der Waals surface area contributed by atoms with E-state index in [4.69, 9.17) is 0 Å². The zero-order valence-electron chi connectivity index (χ0n) is 17.5. The van der Waals surface area contributed by atoms with Gasteiger partial charge in [0, 0.05) is 37.3 Å². The molecule has 2 aromatic carbocycles. The van der Waals surface area contributed by atoms with Crippen LogP contribution in [0.3, 0.4) is 0 Å². The van der Waals surface area contributed by atoms with Crippen molar-refractivity contribution in [2.75, 3.05) is 18.4 Å². The molecule has 3 N–H and O–H groups in total. The molecule has 1 aliphatic rings. The van der Waals surface area contributed by atoms with E-state index in [1.165, 1.54) is 22.4 Å². The molecule has 31 heavy (non-hydrogen) atoms. The van der Waals surface area contributed by atoms with E-state index in [0.717, 1.165) is 46.7 Å². The van der Waals surface area contributed by atoms with Gasteiger partial charge < -0.3 is 15.6 Å². The van der Waals surface area contributed by atoms with Crippen LogP contribution in [0.2, 0.25) is 0 Å². The summed E-state index contributed by atoms with van der Waals surface area (Å²) in [6.07, 6.45) is 7.91. The SMILES string of the molecule is Brc1c(NC2=NCCN2)ccc2nccnc12.Cc1cccc(Cc2cnc[nH]2)c1C. The van der Waals surface area contributed by atoms with Crippen molar-refractivity contribution < 1.29 is 0 Å². The number of halogens is 1. The minimum Gasteiger partial charge on any atom is -0.354 e. The summed E-state index contributed by atoms with van der Waals surface area (Å²) in [5.74, 6) is 0.800. The molecule has 2 aromatic heterocycles. The first-order chi connectivity index (χ1) is 15.1. The molecule has 158 valence electrons. The molecule has 0 spiro atoms. The van der Waals surface area contributed by atoms with Crippen molar-refractivity contribution in [1.82, 2.24) is 25.3 Å². The average Bonchev–Trinajstić information content (AvgIpc) is 3.49. The van der Waals surface area contributed by atoms with Crippen LogP contribution >= 0.6 is 15.9 Å². The number of benzene rings is 2. The minimum atomic E-state index is 0.800. The number of aromatic amines is 1. The topological polar surface area (TPSA) is 90.9 Å². The number of aliphatic imine (C=N–C) groups is 1. The summed E-state index contributed by atoms with van der Waals surface area (Å²) in [4.78, 5) is 20.0. The number of nitrogens with one attached hydrogen (secondary N) is 3. The Morgan fingerprint density at radius 3 is 2.74 bits per heavy atom. The number of imidazole rings is 1. The lowest BCUT2D eigenvalue weighted by molar-refractivity contribution is 0.959. The minimum absolute atomic E-state index is 0.800. The van der Waals surface area contributed by atoms with Crippen molar-refractivity contribution in [3.63, 3.8) is 0 Å². The highest BCUT2D eigenvalue weighted by Crippen LogP contribution is 2.28.